The predicted octanol–water partition coefficient (Wildman–Crippen LogP) is 1.94. The van der Waals surface area contributed by atoms with E-state index in [0.29, 0.717) is 17.1 Å². The Kier molecular flexibility index (Phi) is 3.69. The van der Waals surface area contributed by atoms with Crippen LogP contribution in [0.1, 0.15) is 35.8 Å². The van der Waals surface area contributed by atoms with E-state index in [1.165, 1.54) is 20.4 Å². The summed E-state index contributed by atoms with van der Waals surface area (Å²) in [7, 11) is 1.34. The van der Waals surface area contributed by atoms with Gasteiger partial charge in [-0.2, -0.15) is 10.1 Å². The summed E-state index contributed by atoms with van der Waals surface area (Å²) in [6.07, 6.45) is 1.44. The van der Waals surface area contributed by atoms with Crippen LogP contribution < -0.4 is 5.32 Å². The van der Waals surface area contributed by atoms with Gasteiger partial charge in [-0.05, 0) is 31.5 Å². The fourth-order valence-electron chi connectivity index (χ4n) is 2.77. The Bertz CT molecular complexity index is 805. The van der Waals surface area contributed by atoms with Gasteiger partial charge in [0.05, 0.1) is 12.7 Å². The second kappa shape index (κ2) is 5.68. The van der Waals surface area contributed by atoms with Crippen molar-refractivity contribution in [3.63, 3.8) is 0 Å². The highest BCUT2D eigenvalue weighted by molar-refractivity contribution is 5.96. The van der Waals surface area contributed by atoms with Gasteiger partial charge in [-0.1, -0.05) is 12.1 Å². The van der Waals surface area contributed by atoms with E-state index >= 15 is 0 Å². The number of Topliss-reactive ketones (excluding diaryl/α,β-unsaturated/α-hetero) is 1. The molecule has 3 rings (SSSR count). The van der Waals surface area contributed by atoms with E-state index in [9.17, 15) is 9.59 Å². The van der Waals surface area contributed by atoms with E-state index in [4.69, 9.17) is 4.74 Å². The third-order valence-electron chi connectivity index (χ3n) is 3.82. The lowest BCUT2D eigenvalue weighted by atomic mass is 9.93. The maximum Gasteiger partial charge on any atom is 0.337 e. The number of nitrogens with zero attached hydrogens (tertiary/aromatic N) is 3. The number of carbonyl (C=O) groups is 2. The van der Waals surface area contributed by atoms with Crippen molar-refractivity contribution in [2.45, 2.75) is 19.9 Å². The Hall–Kier alpha value is -2.96. The van der Waals surface area contributed by atoms with Crippen molar-refractivity contribution in [3.8, 4) is 0 Å². The molecule has 0 spiro atoms. The molecule has 1 atom stereocenters. The molecule has 2 aromatic rings. The predicted molar refractivity (Wildman–Crippen MR) is 82.9 cm³/mol. The standard InChI is InChI=1S/C16H16N4O3/c1-9-13(10(2)21)14(20-16(19-9)17-8-18-20)11-4-6-12(7-5-11)15(22)23-3/h4-8,14H,1-3H3,(H,17,18,19)/t14-/m0/s1. The number of hydrogen-bond donors (Lipinski definition) is 1. The second-order valence-corrected chi connectivity index (χ2v) is 5.26. The monoisotopic (exact) mass is 312 g/mol. The number of fused-ring (bicyclic) bond motifs is 1. The van der Waals surface area contributed by atoms with Gasteiger partial charge in [0.1, 0.15) is 12.4 Å². The zero-order valence-electron chi connectivity index (χ0n) is 13.0. The maximum atomic E-state index is 12.1. The summed E-state index contributed by atoms with van der Waals surface area (Å²) in [5.74, 6) is 0.134. The summed E-state index contributed by atoms with van der Waals surface area (Å²) in [5.41, 5.74) is 2.67. The SMILES string of the molecule is COC(=O)c1ccc([C@H]2C(C(C)=O)=C(C)Nc3ncnn32)cc1. The van der Waals surface area contributed by atoms with Crippen molar-refractivity contribution < 1.29 is 14.3 Å². The molecule has 23 heavy (non-hydrogen) atoms. The molecule has 1 aromatic heterocycles. The third kappa shape index (κ3) is 2.50. The van der Waals surface area contributed by atoms with E-state index in [1.54, 1.807) is 28.9 Å². The van der Waals surface area contributed by atoms with E-state index < -0.39 is 5.97 Å². The van der Waals surface area contributed by atoms with Crippen molar-refractivity contribution in [1.82, 2.24) is 14.8 Å². The van der Waals surface area contributed by atoms with Gasteiger partial charge < -0.3 is 10.1 Å². The Morgan fingerprint density at radius 1 is 1.26 bits per heavy atom. The number of ether oxygens (including phenoxy) is 1. The molecule has 1 aliphatic rings. The topological polar surface area (TPSA) is 86.1 Å². The molecule has 1 N–H and O–H groups in total. The first-order valence-electron chi connectivity index (χ1n) is 7.09. The van der Waals surface area contributed by atoms with Gasteiger partial charge in [-0.3, -0.25) is 4.79 Å². The van der Waals surface area contributed by atoms with Crippen LogP contribution in [0, 0.1) is 0 Å². The first-order valence-corrected chi connectivity index (χ1v) is 7.09. The van der Waals surface area contributed by atoms with Crippen LogP contribution in [0.5, 0.6) is 0 Å². The van der Waals surface area contributed by atoms with Crippen LogP contribution in [0.4, 0.5) is 5.95 Å². The normalized spacial score (nSPS) is 16.6. The molecular formula is C16H16N4O3. The molecule has 2 heterocycles. The first kappa shape index (κ1) is 15.0. The molecule has 0 unspecified atom stereocenters. The lowest BCUT2D eigenvalue weighted by molar-refractivity contribution is -0.114. The van der Waals surface area contributed by atoms with Crippen molar-refractivity contribution in [3.05, 3.63) is 53.0 Å². The van der Waals surface area contributed by atoms with Gasteiger partial charge in [0.15, 0.2) is 5.78 Å². The highest BCUT2D eigenvalue weighted by atomic mass is 16.5. The average Bonchev–Trinajstić information content (AvgIpc) is 3.00. The van der Waals surface area contributed by atoms with Crippen LogP contribution >= 0.6 is 0 Å². The molecule has 0 fully saturated rings. The number of carbonyl (C=O) groups excluding carboxylic acids is 2. The van der Waals surface area contributed by atoms with Gasteiger partial charge in [-0.25, -0.2) is 9.48 Å². The van der Waals surface area contributed by atoms with Crippen LogP contribution in [0.2, 0.25) is 0 Å². The molecule has 1 aliphatic heterocycles. The molecule has 0 radical (unpaired) electrons. The number of hydrogen-bond acceptors (Lipinski definition) is 6. The van der Waals surface area contributed by atoms with Crippen molar-refractivity contribution in [2.24, 2.45) is 0 Å². The molecule has 0 saturated carbocycles. The van der Waals surface area contributed by atoms with Crippen LogP contribution in [0.3, 0.4) is 0 Å². The van der Waals surface area contributed by atoms with Crippen LogP contribution in [0.15, 0.2) is 41.9 Å². The van der Waals surface area contributed by atoms with E-state index in [-0.39, 0.29) is 11.8 Å². The van der Waals surface area contributed by atoms with Gasteiger partial charge in [0, 0.05) is 11.3 Å². The number of benzene rings is 1. The zero-order chi connectivity index (χ0) is 16.6. The smallest absolute Gasteiger partial charge is 0.337 e. The number of rotatable bonds is 3. The molecule has 1 aromatic carbocycles. The van der Waals surface area contributed by atoms with Crippen LogP contribution in [-0.2, 0) is 9.53 Å². The summed E-state index contributed by atoms with van der Waals surface area (Å²) in [4.78, 5) is 27.8. The summed E-state index contributed by atoms with van der Waals surface area (Å²) in [6, 6.07) is 6.56. The van der Waals surface area contributed by atoms with Crippen LogP contribution in [0.25, 0.3) is 0 Å². The number of allylic oxidation sites excluding steroid dienone is 2. The fraction of sp³-hybridized carbons (Fsp3) is 0.250. The minimum absolute atomic E-state index is 0.0433. The Balaban J connectivity index is 2.09. The number of nitrogens with one attached hydrogen (secondary N) is 1. The van der Waals surface area contributed by atoms with Gasteiger partial charge >= 0.3 is 5.97 Å². The molecule has 7 heteroatoms. The van der Waals surface area contributed by atoms with Crippen molar-refractivity contribution >= 4 is 17.7 Å². The minimum atomic E-state index is -0.401. The molecule has 0 aliphatic carbocycles. The van der Waals surface area contributed by atoms with Gasteiger partial charge in [0.2, 0.25) is 5.95 Å². The number of ketones is 1. The third-order valence-corrected chi connectivity index (χ3v) is 3.82. The number of aromatic nitrogens is 3. The summed E-state index contributed by atoms with van der Waals surface area (Å²) in [6.45, 7) is 3.36. The second-order valence-electron chi connectivity index (χ2n) is 5.26. The lowest BCUT2D eigenvalue weighted by Crippen LogP contribution is -2.27. The van der Waals surface area contributed by atoms with E-state index in [1.807, 2.05) is 6.92 Å². The average molecular weight is 312 g/mol. The first-order chi connectivity index (χ1) is 11.0. The van der Waals surface area contributed by atoms with E-state index in [0.717, 1.165) is 11.3 Å². The van der Waals surface area contributed by atoms with Crippen LogP contribution in [-0.4, -0.2) is 33.6 Å². The molecule has 7 nitrogen and oxygen atoms in total. The fourth-order valence-corrected chi connectivity index (χ4v) is 2.77. The minimum Gasteiger partial charge on any atom is -0.465 e. The number of methoxy groups -OCH3 is 1. The Morgan fingerprint density at radius 3 is 2.57 bits per heavy atom. The Morgan fingerprint density at radius 2 is 1.96 bits per heavy atom. The molecule has 0 amide bonds. The highest BCUT2D eigenvalue weighted by Crippen LogP contribution is 2.34. The number of anilines is 1. The van der Waals surface area contributed by atoms with Gasteiger partial charge in [0.25, 0.3) is 0 Å². The van der Waals surface area contributed by atoms with Crippen molar-refractivity contribution in [1.29, 1.82) is 0 Å². The number of esters is 1. The lowest BCUT2D eigenvalue weighted by Gasteiger charge is -2.28. The highest BCUT2D eigenvalue weighted by Gasteiger charge is 2.31. The quantitative estimate of drug-likeness (QED) is 0.872. The zero-order valence-corrected chi connectivity index (χ0v) is 13.0. The largest absolute Gasteiger partial charge is 0.465 e. The molecule has 118 valence electrons. The van der Waals surface area contributed by atoms with Gasteiger partial charge in [-0.15, -0.1) is 0 Å². The molecule has 0 saturated heterocycles. The van der Waals surface area contributed by atoms with Crippen molar-refractivity contribution in [2.75, 3.05) is 12.4 Å². The Labute approximate surface area is 133 Å². The summed E-state index contributed by atoms with van der Waals surface area (Å²) >= 11 is 0. The molecular weight excluding hydrogens is 296 g/mol. The summed E-state index contributed by atoms with van der Waals surface area (Å²) < 4.78 is 6.37. The van der Waals surface area contributed by atoms with E-state index in [2.05, 4.69) is 15.4 Å². The maximum absolute atomic E-state index is 12.1. The molecule has 0 bridgehead atoms. The summed E-state index contributed by atoms with van der Waals surface area (Å²) in [5, 5.41) is 7.30.